The van der Waals surface area contributed by atoms with E-state index in [1.54, 1.807) is 12.1 Å². The molecule has 0 aliphatic rings. The number of carbonyl (C=O) groups excluding carboxylic acids is 1. The number of H-pyrrole nitrogens is 1. The Morgan fingerprint density at radius 2 is 1.96 bits per heavy atom. The van der Waals surface area contributed by atoms with Gasteiger partial charge < -0.3 is 10.1 Å². The summed E-state index contributed by atoms with van der Waals surface area (Å²) in [4.78, 5) is 14.9. The van der Waals surface area contributed by atoms with Gasteiger partial charge in [-0.15, -0.1) is 10.2 Å². The lowest BCUT2D eigenvalue weighted by molar-refractivity contribution is 0.0995. The Hall–Kier alpha value is -1.89. The zero-order valence-corrected chi connectivity index (χ0v) is 14.4. The minimum absolute atomic E-state index is 0.170. The number of aromatic nitrogens is 1. The first-order valence-corrected chi connectivity index (χ1v) is 7.92. The number of azo groups is 1. The molecule has 3 rings (SSSR count). The number of nitrogens with zero attached hydrogens (tertiary/aromatic N) is 2. The Morgan fingerprint density at radius 1 is 1.17 bits per heavy atom. The number of carbonyl (C=O) groups is 1. The first kappa shape index (κ1) is 16.0. The second kappa shape index (κ2) is 6.31. The van der Waals surface area contributed by atoms with Crippen LogP contribution in [0.25, 0.3) is 10.9 Å². The molecule has 0 aliphatic heterocycles. The molecule has 2 N–H and O–H groups in total. The molecule has 0 fully saturated rings. The fraction of sp³-hybridized carbons (Fsp3) is 0. The summed E-state index contributed by atoms with van der Waals surface area (Å²) in [6.07, 6.45) is 0. The van der Waals surface area contributed by atoms with Crippen LogP contribution in [0.1, 0.15) is 10.4 Å². The number of halogens is 3. The quantitative estimate of drug-likeness (QED) is 0.516. The maximum Gasteiger partial charge on any atom is 0.296 e. The molecule has 0 unspecified atom stereocenters. The Balaban J connectivity index is 1.98. The van der Waals surface area contributed by atoms with Crippen molar-refractivity contribution in [2.24, 2.45) is 10.2 Å². The van der Waals surface area contributed by atoms with Crippen molar-refractivity contribution in [2.45, 2.75) is 0 Å². The van der Waals surface area contributed by atoms with Crippen molar-refractivity contribution in [1.82, 2.24) is 4.98 Å². The van der Waals surface area contributed by atoms with Gasteiger partial charge in [0, 0.05) is 14.9 Å². The van der Waals surface area contributed by atoms with Crippen LogP contribution >= 0.6 is 39.1 Å². The molecule has 2 aromatic carbocycles. The zero-order valence-electron chi connectivity index (χ0n) is 11.3. The highest BCUT2D eigenvalue weighted by Gasteiger charge is 2.13. The molecular weight excluding hydrogens is 405 g/mol. The number of fused-ring (bicyclic) bond motifs is 1. The van der Waals surface area contributed by atoms with Crippen molar-refractivity contribution in [1.29, 1.82) is 0 Å². The number of hydrogen-bond acceptors (Lipinski definition) is 3. The fourth-order valence-corrected chi connectivity index (χ4v) is 2.90. The largest absolute Gasteiger partial charge is 0.493 e. The standard InChI is InChI=1S/C15H8BrCl2N3O2/c16-7-1-4-12-10(5-7)13(15(23)19-12)20-21-14(22)9-3-2-8(17)6-11(9)18/h1-6,19,23H. The average molecular weight is 413 g/mol. The average Bonchev–Trinajstić information content (AvgIpc) is 2.79. The van der Waals surface area contributed by atoms with E-state index in [2.05, 4.69) is 31.1 Å². The lowest BCUT2D eigenvalue weighted by atomic mass is 10.2. The van der Waals surface area contributed by atoms with Gasteiger partial charge in [-0.1, -0.05) is 39.1 Å². The molecule has 116 valence electrons. The monoisotopic (exact) mass is 411 g/mol. The summed E-state index contributed by atoms with van der Waals surface area (Å²) in [6.45, 7) is 0. The molecule has 8 heteroatoms. The third-order valence-electron chi connectivity index (χ3n) is 3.12. The van der Waals surface area contributed by atoms with E-state index in [1.165, 1.54) is 18.2 Å². The van der Waals surface area contributed by atoms with E-state index in [0.29, 0.717) is 15.9 Å². The maximum absolute atomic E-state index is 12.1. The van der Waals surface area contributed by atoms with E-state index in [9.17, 15) is 9.90 Å². The molecule has 23 heavy (non-hydrogen) atoms. The number of benzene rings is 2. The predicted molar refractivity (Wildman–Crippen MR) is 93.0 cm³/mol. The molecule has 0 aliphatic carbocycles. The summed E-state index contributed by atoms with van der Waals surface area (Å²) in [6, 6.07) is 9.81. The van der Waals surface area contributed by atoms with Crippen LogP contribution < -0.4 is 0 Å². The molecule has 3 aromatic rings. The van der Waals surface area contributed by atoms with Crippen molar-refractivity contribution in [3.8, 4) is 5.88 Å². The van der Waals surface area contributed by atoms with Gasteiger partial charge in [-0.25, -0.2) is 0 Å². The van der Waals surface area contributed by atoms with Crippen molar-refractivity contribution >= 4 is 61.6 Å². The van der Waals surface area contributed by atoms with Gasteiger partial charge >= 0.3 is 0 Å². The number of hydrogen-bond donors (Lipinski definition) is 2. The van der Waals surface area contributed by atoms with Crippen LogP contribution in [0.15, 0.2) is 51.1 Å². The second-order valence-electron chi connectivity index (χ2n) is 4.64. The van der Waals surface area contributed by atoms with E-state index in [0.717, 1.165) is 4.47 Å². The molecule has 1 heterocycles. The zero-order chi connectivity index (χ0) is 16.6. The topological polar surface area (TPSA) is 77.8 Å². The summed E-state index contributed by atoms with van der Waals surface area (Å²) in [5.41, 5.74) is 1.04. The van der Waals surface area contributed by atoms with Gasteiger partial charge in [0.1, 0.15) is 0 Å². The van der Waals surface area contributed by atoms with Gasteiger partial charge in [0.05, 0.1) is 16.1 Å². The van der Waals surface area contributed by atoms with E-state index < -0.39 is 5.91 Å². The van der Waals surface area contributed by atoms with Crippen molar-refractivity contribution in [3.05, 3.63) is 56.5 Å². The summed E-state index contributed by atoms with van der Waals surface area (Å²) in [7, 11) is 0. The van der Waals surface area contributed by atoms with Crippen LogP contribution in [0.4, 0.5) is 5.69 Å². The number of amides is 1. The highest BCUT2D eigenvalue weighted by atomic mass is 79.9. The summed E-state index contributed by atoms with van der Waals surface area (Å²) < 4.78 is 0.813. The SMILES string of the molecule is O=C(N=Nc1c(O)[nH]c2ccc(Br)cc12)c1ccc(Cl)cc1Cl. The Bertz CT molecular complexity index is 953. The highest BCUT2D eigenvalue weighted by molar-refractivity contribution is 9.10. The summed E-state index contributed by atoms with van der Waals surface area (Å²) in [5.74, 6) is -0.799. The smallest absolute Gasteiger partial charge is 0.296 e. The molecule has 0 saturated carbocycles. The number of aromatic hydroxyl groups is 1. The maximum atomic E-state index is 12.1. The molecule has 0 atom stereocenters. The molecule has 5 nitrogen and oxygen atoms in total. The van der Waals surface area contributed by atoms with E-state index >= 15 is 0 Å². The van der Waals surface area contributed by atoms with Crippen LogP contribution in [0.2, 0.25) is 10.0 Å². The van der Waals surface area contributed by atoms with Crippen molar-refractivity contribution in [2.75, 3.05) is 0 Å². The first-order valence-electron chi connectivity index (χ1n) is 6.37. The van der Waals surface area contributed by atoms with Gasteiger partial charge in [-0.3, -0.25) is 4.79 Å². The van der Waals surface area contributed by atoms with Gasteiger partial charge in [0.2, 0.25) is 5.88 Å². The number of rotatable bonds is 2. The highest BCUT2D eigenvalue weighted by Crippen LogP contribution is 2.37. The van der Waals surface area contributed by atoms with Gasteiger partial charge in [0.25, 0.3) is 5.91 Å². The van der Waals surface area contributed by atoms with E-state index in [-0.39, 0.29) is 22.2 Å². The summed E-state index contributed by atoms with van der Waals surface area (Å²) in [5, 5.41) is 18.6. The van der Waals surface area contributed by atoms with Crippen molar-refractivity contribution in [3.63, 3.8) is 0 Å². The lowest BCUT2D eigenvalue weighted by Gasteiger charge is -1.99. The third-order valence-corrected chi connectivity index (χ3v) is 4.16. The Labute approximate surface area is 149 Å². The molecule has 0 bridgehead atoms. The number of nitrogens with one attached hydrogen (secondary N) is 1. The van der Waals surface area contributed by atoms with Gasteiger partial charge in [-0.05, 0) is 36.4 Å². The summed E-state index contributed by atoms with van der Waals surface area (Å²) >= 11 is 15.1. The fourth-order valence-electron chi connectivity index (χ4n) is 2.05. The molecule has 0 radical (unpaired) electrons. The van der Waals surface area contributed by atoms with Crippen LogP contribution in [0.3, 0.4) is 0 Å². The first-order chi connectivity index (χ1) is 11.0. The van der Waals surface area contributed by atoms with E-state index in [4.69, 9.17) is 23.2 Å². The normalized spacial score (nSPS) is 11.4. The van der Waals surface area contributed by atoms with E-state index in [1.807, 2.05) is 6.07 Å². The predicted octanol–water partition coefficient (Wildman–Crippen LogP) is 5.87. The molecule has 1 aromatic heterocycles. The molecule has 1 amide bonds. The van der Waals surface area contributed by atoms with Gasteiger partial charge in [-0.2, -0.15) is 0 Å². The Morgan fingerprint density at radius 3 is 2.70 bits per heavy atom. The van der Waals surface area contributed by atoms with Crippen LogP contribution in [-0.2, 0) is 0 Å². The van der Waals surface area contributed by atoms with Crippen LogP contribution in [-0.4, -0.2) is 16.0 Å². The van der Waals surface area contributed by atoms with Crippen LogP contribution in [0.5, 0.6) is 5.88 Å². The van der Waals surface area contributed by atoms with Crippen molar-refractivity contribution < 1.29 is 9.90 Å². The van der Waals surface area contributed by atoms with Gasteiger partial charge in [0.15, 0.2) is 5.69 Å². The third kappa shape index (κ3) is 3.24. The minimum atomic E-state index is -0.629. The molecular formula is C15H8BrCl2N3O2. The number of aromatic amines is 1. The second-order valence-corrected chi connectivity index (χ2v) is 6.40. The van der Waals surface area contributed by atoms with Crippen LogP contribution in [0, 0.1) is 0 Å². The molecule has 0 spiro atoms. The Kier molecular flexibility index (Phi) is 4.39. The minimum Gasteiger partial charge on any atom is -0.493 e. The molecule has 0 saturated heterocycles. The lowest BCUT2D eigenvalue weighted by Crippen LogP contribution is -1.94.